The first-order chi connectivity index (χ1) is 12.0. The highest BCUT2D eigenvalue weighted by atomic mass is 35.5. The third-order valence-electron chi connectivity index (χ3n) is 3.17. The molecule has 25 heavy (non-hydrogen) atoms. The number of nitrogens with zero attached hydrogens (tertiary/aromatic N) is 2. The maximum Gasteiger partial charge on any atom is 0.276 e. The molecule has 3 aromatic rings. The van der Waals surface area contributed by atoms with Gasteiger partial charge in [-0.3, -0.25) is 4.79 Å². The zero-order valence-corrected chi connectivity index (χ0v) is 13.4. The zero-order valence-electron chi connectivity index (χ0n) is 12.6. The van der Waals surface area contributed by atoms with E-state index in [4.69, 9.17) is 11.6 Å². The van der Waals surface area contributed by atoms with Crippen LogP contribution in [0, 0.1) is 11.6 Å². The number of rotatable bonds is 4. The molecule has 0 saturated carbocycles. The Morgan fingerprint density at radius 3 is 2.52 bits per heavy atom. The molecule has 2 aromatic carbocycles. The molecule has 0 saturated heterocycles. The van der Waals surface area contributed by atoms with Crippen LogP contribution >= 0.6 is 11.6 Å². The minimum atomic E-state index is -0.760. The van der Waals surface area contributed by atoms with Gasteiger partial charge in [0.2, 0.25) is 0 Å². The van der Waals surface area contributed by atoms with Crippen LogP contribution in [0.25, 0.3) is 0 Å². The number of hydrogen-bond donors (Lipinski definition) is 2. The maximum atomic E-state index is 13.6. The Balaban J connectivity index is 1.70. The minimum Gasteiger partial charge on any atom is -0.336 e. The van der Waals surface area contributed by atoms with E-state index >= 15 is 0 Å². The lowest BCUT2D eigenvalue weighted by atomic mass is 10.3. The fourth-order valence-corrected chi connectivity index (χ4v) is 2.20. The van der Waals surface area contributed by atoms with Crippen molar-refractivity contribution in [3.8, 4) is 0 Å². The van der Waals surface area contributed by atoms with Gasteiger partial charge in [-0.15, -0.1) is 10.2 Å². The normalized spacial score (nSPS) is 10.4. The molecule has 0 atom stereocenters. The molecule has 2 N–H and O–H groups in total. The number of carbonyl (C=O) groups excluding carboxylic acids is 1. The van der Waals surface area contributed by atoms with Crippen molar-refractivity contribution in [3.63, 3.8) is 0 Å². The van der Waals surface area contributed by atoms with Gasteiger partial charge in [0.15, 0.2) is 11.5 Å². The molecule has 0 aliphatic rings. The summed E-state index contributed by atoms with van der Waals surface area (Å²) in [5.74, 6) is -1.69. The van der Waals surface area contributed by atoms with Crippen LogP contribution in [0.3, 0.4) is 0 Å². The smallest absolute Gasteiger partial charge is 0.276 e. The van der Waals surface area contributed by atoms with Crippen LogP contribution in [0.5, 0.6) is 0 Å². The SMILES string of the molecule is O=C(Nc1cccc(Cl)c1)c1ccc(Nc2ccc(F)cc2F)nn1. The van der Waals surface area contributed by atoms with Crippen molar-refractivity contribution in [2.24, 2.45) is 0 Å². The maximum absolute atomic E-state index is 13.6. The van der Waals surface area contributed by atoms with E-state index in [0.29, 0.717) is 10.7 Å². The highest BCUT2D eigenvalue weighted by molar-refractivity contribution is 6.30. The second-order valence-corrected chi connectivity index (χ2v) is 5.45. The van der Waals surface area contributed by atoms with Gasteiger partial charge in [-0.25, -0.2) is 8.78 Å². The number of aromatic nitrogens is 2. The van der Waals surface area contributed by atoms with E-state index in [0.717, 1.165) is 12.1 Å². The number of nitrogens with one attached hydrogen (secondary N) is 2. The summed E-state index contributed by atoms with van der Waals surface area (Å²) in [6, 6.07) is 12.7. The number of halogens is 3. The first-order valence-electron chi connectivity index (χ1n) is 7.14. The molecule has 0 fully saturated rings. The lowest BCUT2D eigenvalue weighted by Crippen LogP contribution is -2.14. The Morgan fingerprint density at radius 2 is 1.84 bits per heavy atom. The summed E-state index contributed by atoms with van der Waals surface area (Å²) in [6.45, 7) is 0. The summed E-state index contributed by atoms with van der Waals surface area (Å²) >= 11 is 5.85. The summed E-state index contributed by atoms with van der Waals surface area (Å²) in [7, 11) is 0. The topological polar surface area (TPSA) is 66.9 Å². The summed E-state index contributed by atoms with van der Waals surface area (Å²) in [4.78, 5) is 12.1. The average Bonchev–Trinajstić information content (AvgIpc) is 2.58. The average molecular weight is 361 g/mol. The van der Waals surface area contributed by atoms with Crippen molar-refractivity contribution in [1.82, 2.24) is 10.2 Å². The standard InChI is InChI=1S/C17H11ClF2N4O/c18-10-2-1-3-12(8-10)21-17(25)15-6-7-16(24-23-15)22-14-5-4-11(19)9-13(14)20/h1-9H,(H,21,25)(H,22,24). The molecule has 8 heteroatoms. The van der Waals surface area contributed by atoms with Gasteiger partial charge in [0, 0.05) is 16.8 Å². The van der Waals surface area contributed by atoms with Gasteiger partial charge < -0.3 is 10.6 Å². The molecular weight excluding hydrogens is 350 g/mol. The van der Waals surface area contributed by atoms with Crippen molar-refractivity contribution in [3.05, 3.63) is 76.9 Å². The molecule has 1 amide bonds. The van der Waals surface area contributed by atoms with Gasteiger partial charge >= 0.3 is 0 Å². The van der Waals surface area contributed by atoms with Crippen molar-refractivity contribution in [2.75, 3.05) is 10.6 Å². The molecule has 0 unspecified atom stereocenters. The second-order valence-electron chi connectivity index (χ2n) is 5.02. The zero-order chi connectivity index (χ0) is 17.8. The van der Waals surface area contributed by atoms with Crippen molar-refractivity contribution < 1.29 is 13.6 Å². The predicted molar refractivity (Wildman–Crippen MR) is 91.1 cm³/mol. The van der Waals surface area contributed by atoms with Crippen LogP contribution in [0.2, 0.25) is 5.02 Å². The molecule has 126 valence electrons. The number of hydrogen-bond acceptors (Lipinski definition) is 4. The van der Waals surface area contributed by atoms with Gasteiger partial charge in [-0.2, -0.15) is 0 Å². The molecular formula is C17H11ClF2N4O. The Morgan fingerprint density at radius 1 is 1.00 bits per heavy atom. The van der Waals surface area contributed by atoms with Crippen molar-refractivity contribution in [1.29, 1.82) is 0 Å². The van der Waals surface area contributed by atoms with Gasteiger partial charge in [0.05, 0.1) is 5.69 Å². The van der Waals surface area contributed by atoms with E-state index in [9.17, 15) is 13.6 Å². The fourth-order valence-electron chi connectivity index (χ4n) is 2.01. The summed E-state index contributed by atoms with van der Waals surface area (Å²) in [6.07, 6.45) is 0. The lowest BCUT2D eigenvalue weighted by Gasteiger charge is -2.07. The van der Waals surface area contributed by atoms with Crippen LogP contribution in [0.15, 0.2) is 54.6 Å². The van der Waals surface area contributed by atoms with E-state index in [1.807, 2.05) is 0 Å². The quantitative estimate of drug-likeness (QED) is 0.723. The van der Waals surface area contributed by atoms with Gasteiger partial charge in [0.1, 0.15) is 11.6 Å². The molecule has 3 rings (SSSR count). The fraction of sp³-hybridized carbons (Fsp3) is 0. The first-order valence-corrected chi connectivity index (χ1v) is 7.52. The van der Waals surface area contributed by atoms with Gasteiger partial charge in [-0.05, 0) is 42.5 Å². The minimum absolute atomic E-state index is 0.0480. The van der Waals surface area contributed by atoms with Crippen LogP contribution < -0.4 is 10.6 Å². The van der Waals surface area contributed by atoms with E-state index < -0.39 is 17.5 Å². The van der Waals surface area contributed by atoms with Crippen molar-refractivity contribution in [2.45, 2.75) is 0 Å². The van der Waals surface area contributed by atoms with Crippen LogP contribution in [-0.4, -0.2) is 16.1 Å². The molecule has 0 aliphatic carbocycles. The Hall–Kier alpha value is -3.06. The van der Waals surface area contributed by atoms with Crippen LogP contribution in [0.1, 0.15) is 10.5 Å². The highest BCUT2D eigenvalue weighted by Gasteiger charge is 2.10. The Bertz CT molecular complexity index is 919. The van der Waals surface area contributed by atoms with E-state index in [1.54, 1.807) is 24.3 Å². The summed E-state index contributed by atoms with van der Waals surface area (Å²) in [5, 5.41) is 13.4. The summed E-state index contributed by atoms with van der Waals surface area (Å²) < 4.78 is 26.5. The Labute approximate surface area is 146 Å². The lowest BCUT2D eigenvalue weighted by molar-refractivity contribution is 0.102. The first kappa shape index (κ1) is 16.8. The third-order valence-corrected chi connectivity index (χ3v) is 3.41. The molecule has 0 spiro atoms. The third kappa shape index (κ3) is 4.27. The van der Waals surface area contributed by atoms with Crippen LogP contribution in [0.4, 0.5) is 26.0 Å². The predicted octanol–water partition coefficient (Wildman–Crippen LogP) is 4.40. The van der Waals surface area contributed by atoms with Gasteiger partial charge in [-0.1, -0.05) is 17.7 Å². The van der Waals surface area contributed by atoms with Crippen molar-refractivity contribution >= 4 is 34.7 Å². The monoisotopic (exact) mass is 360 g/mol. The van der Waals surface area contributed by atoms with E-state index in [-0.39, 0.29) is 17.2 Å². The number of benzene rings is 2. The molecule has 0 aliphatic heterocycles. The molecule has 0 bridgehead atoms. The molecule has 0 radical (unpaired) electrons. The van der Waals surface area contributed by atoms with Gasteiger partial charge in [0.25, 0.3) is 5.91 Å². The molecule has 1 aromatic heterocycles. The molecule has 1 heterocycles. The second kappa shape index (κ2) is 7.23. The van der Waals surface area contributed by atoms with E-state index in [2.05, 4.69) is 20.8 Å². The van der Waals surface area contributed by atoms with E-state index in [1.165, 1.54) is 18.2 Å². The largest absolute Gasteiger partial charge is 0.336 e. The highest BCUT2D eigenvalue weighted by Crippen LogP contribution is 2.19. The van der Waals surface area contributed by atoms with Crippen LogP contribution in [-0.2, 0) is 0 Å². The number of anilines is 3. The summed E-state index contributed by atoms with van der Waals surface area (Å²) in [5.41, 5.74) is 0.645. The Kier molecular flexibility index (Phi) is 4.85. The molecule has 5 nitrogen and oxygen atoms in total. The number of carbonyl (C=O) groups is 1. The number of amides is 1.